The van der Waals surface area contributed by atoms with E-state index in [0.717, 1.165) is 27.7 Å². The summed E-state index contributed by atoms with van der Waals surface area (Å²) in [4.78, 5) is 27.5. The Bertz CT molecular complexity index is 1400. The number of alkyl halides is 1. The molecule has 1 saturated carbocycles. The molecule has 0 bridgehead atoms. The van der Waals surface area contributed by atoms with Gasteiger partial charge >= 0.3 is 0 Å². The monoisotopic (exact) mass is 627 g/mol. The number of hydrogen-bond acceptors (Lipinski definition) is 6. The van der Waals surface area contributed by atoms with Crippen molar-refractivity contribution >= 4 is 56.6 Å². The molecule has 1 amide bonds. The number of fused-ring (bicyclic) bond motifs is 3. The molecule has 3 aromatic carbocycles. The summed E-state index contributed by atoms with van der Waals surface area (Å²) in [5, 5.41) is 15.1. The number of morpholine rings is 1. The average Bonchev–Trinajstić information content (AvgIpc) is 3.29. The summed E-state index contributed by atoms with van der Waals surface area (Å²) in [5.41, 5.74) is 3.74. The van der Waals surface area contributed by atoms with Gasteiger partial charge in [-0.15, -0.1) is 23.4 Å². The molecule has 0 unspecified atom stereocenters. The topological polar surface area (TPSA) is 84.7 Å². The van der Waals surface area contributed by atoms with Gasteiger partial charge in [0, 0.05) is 34.8 Å². The highest BCUT2D eigenvalue weighted by atomic mass is 79.9. The second kappa shape index (κ2) is 11.1. The van der Waals surface area contributed by atoms with Gasteiger partial charge < -0.3 is 15.0 Å². The smallest absolute Gasteiger partial charge is 0.282 e. The molecule has 0 radical (unpaired) electrons. The van der Waals surface area contributed by atoms with Crippen molar-refractivity contribution in [2.75, 3.05) is 31.6 Å². The number of amides is 1. The van der Waals surface area contributed by atoms with Crippen LogP contribution < -0.4 is 5.32 Å². The molecule has 5 atom stereocenters. The van der Waals surface area contributed by atoms with Crippen molar-refractivity contribution in [1.29, 1.82) is 0 Å². The zero-order chi connectivity index (χ0) is 27.1. The maximum Gasteiger partial charge on any atom is 0.282 e. The summed E-state index contributed by atoms with van der Waals surface area (Å²) in [6.45, 7) is 2.21. The normalized spacial score (nSPS) is 25.9. The van der Waals surface area contributed by atoms with Gasteiger partial charge in [0.05, 0.1) is 45.7 Å². The van der Waals surface area contributed by atoms with Crippen molar-refractivity contribution in [1.82, 2.24) is 4.90 Å². The van der Waals surface area contributed by atoms with E-state index < -0.39 is 0 Å². The molecule has 3 aliphatic rings. The first-order valence-corrected chi connectivity index (χ1v) is 15.1. The van der Waals surface area contributed by atoms with Crippen LogP contribution in [0.2, 0.25) is 0 Å². The largest absolute Gasteiger partial charge is 0.378 e. The van der Waals surface area contributed by atoms with E-state index in [-0.39, 0.29) is 45.0 Å². The lowest BCUT2D eigenvalue weighted by atomic mass is 9.76. The molecule has 3 aromatic rings. The Balaban J connectivity index is 1.40. The molecule has 2 heterocycles. The highest BCUT2D eigenvalue weighted by Crippen LogP contribution is 2.58. The predicted molar refractivity (Wildman–Crippen MR) is 157 cm³/mol. The highest BCUT2D eigenvalue weighted by Gasteiger charge is 2.51. The Hall–Kier alpha value is -2.59. The van der Waals surface area contributed by atoms with E-state index in [1.165, 1.54) is 11.8 Å². The molecule has 2 fully saturated rings. The van der Waals surface area contributed by atoms with Gasteiger partial charge in [0.1, 0.15) is 0 Å². The first-order chi connectivity index (χ1) is 18.9. The SMILES string of the molecule is O=C(c1cccc2c1N[C@H](c1ccc(Br)cc1)[C@@H]1C[C@H](Sc3ccccc3[N+](=O)[O-])[C@@H](Cl)[C@@H]21)N1CCOCC1. The van der Waals surface area contributed by atoms with E-state index in [0.29, 0.717) is 36.8 Å². The lowest BCUT2D eigenvalue weighted by Crippen LogP contribution is -2.41. The van der Waals surface area contributed by atoms with Gasteiger partial charge in [0.25, 0.3) is 11.6 Å². The number of nitro groups is 1. The molecule has 2 aliphatic heterocycles. The second-order valence-electron chi connectivity index (χ2n) is 10.1. The van der Waals surface area contributed by atoms with Crippen LogP contribution in [0.15, 0.2) is 76.1 Å². The molecule has 1 aliphatic carbocycles. The third-order valence-corrected chi connectivity index (χ3v) is 10.6. The van der Waals surface area contributed by atoms with Crippen molar-refractivity contribution in [2.24, 2.45) is 5.92 Å². The summed E-state index contributed by atoms with van der Waals surface area (Å²) < 4.78 is 6.46. The quantitative estimate of drug-likeness (QED) is 0.189. The minimum atomic E-state index is -0.335. The fourth-order valence-electron chi connectivity index (χ4n) is 6.13. The van der Waals surface area contributed by atoms with Crippen LogP contribution in [0, 0.1) is 16.0 Å². The molecular weight excluding hydrogens is 602 g/mol. The van der Waals surface area contributed by atoms with Crippen molar-refractivity contribution in [3.8, 4) is 0 Å². The molecule has 10 heteroatoms. The number of rotatable bonds is 5. The van der Waals surface area contributed by atoms with Crippen LogP contribution in [0.4, 0.5) is 11.4 Å². The molecule has 0 spiro atoms. The lowest BCUT2D eigenvalue weighted by molar-refractivity contribution is -0.387. The van der Waals surface area contributed by atoms with E-state index in [4.69, 9.17) is 16.3 Å². The number of halogens is 2. The van der Waals surface area contributed by atoms with Gasteiger partial charge in [0.2, 0.25) is 0 Å². The van der Waals surface area contributed by atoms with Gasteiger partial charge in [-0.05, 0) is 47.7 Å². The number of nitro benzene ring substituents is 1. The number of carbonyl (C=O) groups excluding carboxylic acids is 1. The zero-order valence-corrected chi connectivity index (χ0v) is 24.1. The first kappa shape index (κ1) is 26.6. The summed E-state index contributed by atoms with van der Waals surface area (Å²) >= 11 is 12.3. The maximum absolute atomic E-state index is 13.7. The van der Waals surface area contributed by atoms with Crippen LogP contribution in [0.3, 0.4) is 0 Å². The molecule has 1 saturated heterocycles. The summed E-state index contributed by atoms with van der Waals surface area (Å²) in [7, 11) is 0. The molecular formula is C29H27BrClN3O4S. The van der Waals surface area contributed by atoms with Crippen LogP contribution in [-0.2, 0) is 4.74 Å². The molecule has 39 heavy (non-hydrogen) atoms. The summed E-state index contributed by atoms with van der Waals surface area (Å²) in [5.74, 6) is 0.120. The Morgan fingerprint density at radius 1 is 1.08 bits per heavy atom. The van der Waals surface area contributed by atoms with Crippen LogP contribution in [-0.4, -0.2) is 52.7 Å². The molecule has 1 N–H and O–H groups in total. The van der Waals surface area contributed by atoms with E-state index >= 15 is 0 Å². The molecule has 0 aromatic heterocycles. The average molecular weight is 629 g/mol. The minimum Gasteiger partial charge on any atom is -0.378 e. The number of nitrogens with one attached hydrogen (secondary N) is 1. The first-order valence-electron chi connectivity index (χ1n) is 13.0. The van der Waals surface area contributed by atoms with Gasteiger partial charge in [0.15, 0.2) is 0 Å². The molecule has 7 nitrogen and oxygen atoms in total. The fourth-order valence-corrected chi connectivity index (χ4v) is 8.34. The minimum absolute atomic E-state index is 0.00869. The maximum atomic E-state index is 13.7. The lowest BCUT2D eigenvalue weighted by Gasteiger charge is -2.39. The van der Waals surface area contributed by atoms with Crippen molar-refractivity contribution in [3.05, 3.63) is 98.0 Å². The van der Waals surface area contributed by atoms with Crippen molar-refractivity contribution in [2.45, 2.75) is 33.9 Å². The Kier molecular flexibility index (Phi) is 7.59. The van der Waals surface area contributed by atoms with Crippen molar-refractivity contribution in [3.63, 3.8) is 0 Å². The fraction of sp³-hybridized carbons (Fsp3) is 0.345. The van der Waals surface area contributed by atoms with Gasteiger partial charge in [-0.25, -0.2) is 0 Å². The summed E-state index contributed by atoms with van der Waals surface area (Å²) in [6.07, 6.45) is 0.782. The number of hydrogen-bond donors (Lipinski definition) is 1. The highest BCUT2D eigenvalue weighted by molar-refractivity contribution is 9.10. The van der Waals surface area contributed by atoms with E-state index in [1.54, 1.807) is 18.2 Å². The van der Waals surface area contributed by atoms with Gasteiger partial charge in [-0.3, -0.25) is 14.9 Å². The molecule has 202 valence electrons. The van der Waals surface area contributed by atoms with Gasteiger partial charge in [-0.1, -0.05) is 52.3 Å². The number of ether oxygens (including phenoxy) is 1. The number of para-hydroxylation sites is 2. The number of carbonyl (C=O) groups is 1. The predicted octanol–water partition coefficient (Wildman–Crippen LogP) is 6.87. The van der Waals surface area contributed by atoms with Crippen LogP contribution in [0.25, 0.3) is 0 Å². The van der Waals surface area contributed by atoms with Gasteiger partial charge in [-0.2, -0.15) is 0 Å². The van der Waals surface area contributed by atoms with Crippen LogP contribution >= 0.6 is 39.3 Å². The van der Waals surface area contributed by atoms with E-state index in [1.807, 2.05) is 35.2 Å². The number of anilines is 1. The Morgan fingerprint density at radius 2 is 1.82 bits per heavy atom. The van der Waals surface area contributed by atoms with E-state index in [9.17, 15) is 14.9 Å². The third kappa shape index (κ3) is 5.06. The Morgan fingerprint density at radius 3 is 2.56 bits per heavy atom. The van der Waals surface area contributed by atoms with Crippen LogP contribution in [0.5, 0.6) is 0 Å². The second-order valence-corrected chi connectivity index (χ2v) is 12.8. The summed E-state index contributed by atoms with van der Waals surface area (Å²) in [6, 6.07) is 20.9. The standard InChI is InChI=1S/C29H27BrClN3O4S/c30-18-10-8-17(9-11-18)27-21-16-24(39-23-7-2-1-6-22(23)34(36)37)26(31)25(21)19-4-3-5-20(28(19)32-27)29(35)33-12-14-38-15-13-33/h1-11,21,24-27,32H,12-16H2/t21-,24+,25+,26-,27-/m1/s1. The number of nitrogens with zero attached hydrogens (tertiary/aromatic N) is 2. The number of benzene rings is 3. The Labute approximate surface area is 244 Å². The molecule has 6 rings (SSSR count). The third-order valence-electron chi connectivity index (χ3n) is 7.95. The van der Waals surface area contributed by atoms with E-state index in [2.05, 4.69) is 39.4 Å². The zero-order valence-electron chi connectivity index (χ0n) is 21.0. The van der Waals surface area contributed by atoms with Crippen LogP contribution in [0.1, 0.15) is 39.9 Å². The number of thioether (sulfide) groups is 1. The van der Waals surface area contributed by atoms with Crippen molar-refractivity contribution < 1.29 is 14.5 Å².